The van der Waals surface area contributed by atoms with Crippen LogP contribution >= 0.6 is 22.9 Å². The van der Waals surface area contributed by atoms with E-state index in [2.05, 4.69) is 23.4 Å². The second-order valence-electron chi connectivity index (χ2n) is 5.97. The minimum absolute atomic E-state index is 0.381. The van der Waals surface area contributed by atoms with Crippen LogP contribution in [0.25, 0.3) is 0 Å². The minimum Gasteiger partial charge on any atom is -0.300 e. The van der Waals surface area contributed by atoms with Crippen LogP contribution in [0.1, 0.15) is 30.6 Å². The maximum Gasteiger partial charge on any atom is 0.0931 e. The van der Waals surface area contributed by atoms with E-state index in [1.165, 1.54) is 30.6 Å². The summed E-state index contributed by atoms with van der Waals surface area (Å²) in [5.74, 6) is 6.51. The van der Waals surface area contributed by atoms with Gasteiger partial charge in [-0.1, -0.05) is 11.6 Å². The van der Waals surface area contributed by atoms with E-state index in [4.69, 9.17) is 17.4 Å². The smallest absolute Gasteiger partial charge is 0.0931 e. The first-order valence-corrected chi connectivity index (χ1v) is 8.29. The van der Waals surface area contributed by atoms with E-state index in [9.17, 15) is 0 Å². The summed E-state index contributed by atoms with van der Waals surface area (Å²) in [6.45, 7) is 0. The largest absolute Gasteiger partial charge is 0.300 e. The number of hydrazine groups is 1. The fraction of sp³-hybridized carbons (Fsp3) is 0.714. The summed E-state index contributed by atoms with van der Waals surface area (Å²) < 4.78 is 0.870. The van der Waals surface area contributed by atoms with Crippen molar-refractivity contribution in [1.82, 2.24) is 10.3 Å². The second-order valence-corrected chi connectivity index (χ2v) is 7.76. The van der Waals surface area contributed by atoms with Crippen LogP contribution in [-0.2, 0) is 6.42 Å². The average Bonchev–Trinajstić information content (AvgIpc) is 2.87. The van der Waals surface area contributed by atoms with E-state index in [0.717, 1.165) is 22.8 Å². The standard InChI is InChI=1S/C14H22ClN3S/c1-18-10-2-3-11(18)7-9(6-10)13(17-16)8-12-4-5-14(15)19-12/h4-5,9-11,13,17H,2-3,6-8,16H2,1H3. The molecule has 3 N–H and O–H groups in total. The highest BCUT2D eigenvalue weighted by Crippen LogP contribution is 2.39. The third-order valence-electron chi connectivity index (χ3n) is 4.97. The molecule has 2 fully saturated rings. The van der Waals surface area contributed by atoms with Gasteiger partial charge in [0.25, 0.3) is 0 Å². The fourth-order valence-corrected chi connectivity index (χ4v) is 4.97. The molecular weight excluding hydrogens is 278 g/mol. The summed E-state index contributed by atoms with van der Waals surface area (Å²) in [5, 5.41) is 0. The van der Waals surface area contributed by atoms with E-state index < -0.39 is 0 Å². The zero-order valence-corrected chi connectivity index (χ0v) is 12.9. The first kappa shape index (κ1) is 13.8. The van der Waals surface area contributed by atoms with Crippen molar-refractivity contribution in [2.75, 3.05) is 7.05 Å². The van der Waals surface area contributed by atoms with Gasteiger partial charge in [-0.3, -0.25) is 11.3 Å². The zero-order valence-electron chi connectivity index (χ0n) is 11.3. The molecule has 2 aliphatic rings. The third-order valence-corrected chi connectivity index (χ3v) is 6.22. The zero-order chi connectivity index (χ0) is 13.4. The number of halogens is 1. The molecule has 2 bridgehead atoms. The monoisotopic (exact) mass is 299 g/mol. The van der Waals surface area contributed by atoms with Gasteiger partial charge in [0.15, 0.2) is 0 Å². The highest BCUT2D eigenvalue weighted by molar-refractivity contribution is 7.16. The van der Waals surface area contributed by atoms with E-state index in [1.807, 2.05) is 6.07 Å². The number of piperidine rings is 1. The molecule has 19 heavy (non-hydrogen) atoms. The van der Waals surface area contributed by atoms with Crippen LogP contribution in [0.4, 0.5) is 0 Å². The Balaban J connectivity index is 1.66. The van der Waals surface area contributed by atoms with Crippen LogP contribution in [-0.4, -0.2) is 30.1 Å². The quantitative estimate of drug-likeness (QED) is 0.663. The number of hydrogen-bond donors (Lipinski definition) is 2. The number of thiophene rings is 1. The molecule has 3 rings (SSSR count). The first-order chi connectivity index (χ1) is 9.17. The molecule has 2 saturated heterocycles. The Morgan fingerprint density at radius 2 is 2.11 bits per heavy atom. The van der Waals surface area contributed by atoms with E-state index >= 15 is 0 Å². The van der Waals surface area contributed by atoms with Gasteiger partial charge in [-0.05, 0) is 57.2 Å². The molecule has 106 valence electrons. The number of nitrogens with one attached hydrogen (secondary N) is 1. The summed E-state index contributed by atoms with van der Waals surface area (Å²) >= 11 is 7.68. The van der Waals surface area contributed by atoms with Crippen molar-refractivity contribution in [3.8, 4) is 0 Å². The first-order valence-electron chi connectivity index (χ1n) is 7.09. The normalized spacial score (nSPS) is 32.7. The predicted octanol–water partition coefficient (Wildman–Crippen LogP) is 2.65. The number of nitrogens with zero attached hydrogens (tertiary/aromatic N) is 1. The van der Waals surface area contributed by atoms with Gasteiger partial charge < -0.3 is 4.90 Å². The molecule has 3 nitrogen and oxygen atoms in total. The Bertz CT molecular complexity index is 422. The Labute approximate surface area is 124 Å². The topological polar surface area (TPSA) is 41.3 Å². The maximum absolute atomic E-state index is 6.01. The Hall–Kier alpha value is -0.130. The van der Waals surface area contributed by atoms with Crippen molar-refractivity contribution < 1.29 is 0 Å². The van der Waals surface area contributed by atoms with Crippen molar-refractivity contribution >= 4 is 22.9 Å². The van der Waals surface area contributed by atoms with Gasteiger partial charge in [-0.15, -0.1) is 11.3 Å². The van der Waals surface area contributed by atoms with Gasteiger partial charge in [0.2, 0.25) is 0 Å². The van der Waals surface area contributed by atoms with Crippen LogP contribution in [0.15, 0.2) is 12.1 Å². The molecule has 0 aliphatic carbocycles. The van der Waals surface area contributed by atoms with Gasteiger partial charge in [0.1, 0.15) is 0 Å². The highest BCUT2D eigenvalue weighted by atomic mass is 35.5. The molecule has 3 heterocycles. The summed E-state index contributed by atoms with van der Waals surface area (Å²) in [4.78, 5) is 3.91. The van der Waals surface area contributed by atoms with Crippen molar-refractivity contribution in [3.05, 3.63) is 21.3 Å². The fourth-order valence-electron chi connectivity index (χ4n) is 3.82. The van der Waals surface area contributed by atoms with Crippen LogP contribution in [0, 0.1) is 5.92 Å². The van der Waals surface area contributed by atoms with E-state index in [1.54, 1.807) is 11.3 Å². The molecule has 0 amide bonds. The molecule has 0 spiro atoms. The third kappa shape index (κ3) is 2.83. The molecule has 2 aliphatic heterocycles. The number of hydrogen-bond acceptors (Lipinski definition) is 4. The van der Waals surface area contributed by atoms with Crippen molar-refractivity contribution in [2.45, 2.75) is 50.2 Å². The lowest BCUT2D eigenvalue weighted by atomic mass is 9.84. The maximum atomic E-state index is 6.01. The van der Waals surface area contributed by atoms with Crippen LogP contribution in [0.2, 0.25) is 4.34 Å². The molecule has 1 aromatic heterocycles. The SMILES string of the molecule is CN1C2CCC1CC(C(Cc1ccc(Cl)s1)NN)C2. The Morgan fingerprint density at radius 1 is 1.42 bits per heavy atom. The molecule has 0 saturated carbocycles. The summed E-state index contributed by atoms with van der Waals surface area (Å²) in [5.41, 5.74) is 3.06. The molecule has 0 aromatic carbocycles. The number of fused-ring (bicyclic) bond motifs is 2. The lowest BCUT2D eigenvalue weighted by Gasteiger charge is -2.39. The Morgan fingerprint density at radius 3 is 2.63 bits per heavy atom. The summed E-state index contributed by atoms with van der Waals surface area (Å²) in [6, 6.07) is 6.03. The lowest BCUT2D eigenvalue weighted by Crippen LogP contribution is -2.49. The predicted molar refractivity (Wildman–Crippen MR) is 81.4 cm³/mol. The van der Waals surface area contributed by atoms with Crippen molar-refractivity contribution in [3.63, 3.8) is 0 Å². The average molecular weight is 300 g/mol. The van der Waals surface area contributed by atoms with Gasteiger partial charge in [-0.25, -0.2) is 0 Å². The van der Waals surface area contributed by atoms with Gasteiger partial charge in [0.05, 0.1) is 4.34 Å². The summed E-state index contributed by atoms with van der Waals surface area (Å²) in [7, 11) is 2.28. The molecule has 5 heteroatoms. The highest BCUT2D eigenvalue weighted by Gasteiger charge is 2.40. The van der Waals surface area contributed by atoms with Gasteiger partial charge in [-0.2, -0.15) is 0 Å². The molecule has 3 atom stereocenters. The number of nitrogens with two attached hydrogens (primary N) is 1. The van der Waals surface area contributed by atoms with Crippen molar-refractivity contribution in [2.24, 2.45) is 11.8 Å². The van der Waals surface area contributed by atoms with E-state index in [0.29, 0.717) is 12.0 Å². The molecule has 3 unspecified atom stereocenters. The Kier molecular flexibility index (Phi) is 4.15. The lowest BCUT2D eigenvalue weighted by molar-refractivity contribution is 0.112. The molecule has 0 radical (unpaired) electrons. The minimum atomic E-state index is 0.381. The summed E-state index contributed by atoms with van der Waals surface area (Å²) in [6.07, 6.45) is 6.28. The van der Waals surface area contributed by atoms with E-state index in [-0.39, 0.29) is 0 Å². The van der Waals surface area contributed by atoms with Crippen LogP contribution in [0.3, 0.4) is 0 Å². The number of rotatable bonds is 4. The van der Waals surface area contributed by atoms with Crippen molar-refractivity contribution in [1.29, 1.82) is 0 Å². The second kappa shape index (κ2) is 5.70. The molecule has 1 aromatic rings. The molecular formula is C14H22ClN3S. The van der Waals surface area contributed by atoms with Gasteiger partial charge >= 0.3 is 0 Å². The van der Waals surface area contributed by atoms with Crippen LogP contribution < -0.4 is 11.3 Å². The van der Waals surface area contributed by atoms with Crippen LogP contribution in [0.5, 0.6) is 0 Å². The van der Waals surface area contributed by atoms with Gasteiger partial charge in [0, 0.05) is 23.0 Å².